The van der Waals surface area contributed by atoms with Gasteiger partial charge in [-0.1, -0.05) is 127 Å². The summed E-state index contributed by atoms with van der Waals surface area (Å²) in [6.45, 7) is -1.02. The zero-order chi connectivity index (χ0) is 70.5. The molecule has 3 aliphatic carbocycles. The zero-order valence-electron chi connectivity index (χ0n) is 55.0. The van der Waals surface area contributed by atoms with Gasteiger partial charge in [0.1, 0.15) is 63.7 Å². The van der Waals surface area contributed by atoms with Crippen LogP contribution in [0.5, 0.6) is 34.5 Å². The van der Waals surface area contributed by atoms with Gasteiger partial charge in [-0.25, -0.2) is 8.78 Å². The molecule has 9 aliphatic rings. The Kier molecular flexibility index (Phi) is 14.3. The average Bonchev–Trinajstić information content (AvgIpc) is 1.63. The summed E-state index contributed by atoms with van der Waals surface area (Å²) in [6.07, 6.45) is 15.8. The van der Waals surface area contributed by atoms with E-state index in [9.17, 15) is 34.5 Å². The number of carbonyl (C=O) groups is 3. The Bertz CT molecular complexity index is 5370. The maximum Gasteiger partial charge on any atom is 0.278 e. The molecule has 24 heteroatoms. The number of amides is 3. The van der Waals surface area contributed by atoms with Crippen LogP contribution in [0, 0.1) is 17.5 Å². The van der Waals surface area contributed by atoms with E-state index in [2.05, 4.69) is 0 Å². The fourth-order valence-corrected chi connectivity index (χ4v) is 17.0. The van der Waals surface area contributed by atoms with Crippen molar-refractivity contribution in [1.82, 2.24) is 28.7 Å². The summed E-state index contributed by atoms with van der Waals surface area (Å²) >= 11 is 0. The average molecular weight is 1390 g/mol. The van der Waals surface area contributed by atoms with E-state index in [0.717, 1.165) is 23.3 Å². The molecule has 3 fully saturated rings. The number of hydrogen-bond acceptors (Lipinski definition) is 15. The Morgan fingerprint density at radius 2 is 0.845 bits per heavy atom. The van der Waals surface area contributed by atoms with Crippen LogP contribution in [-0.4, -0.2) is 118 Å². The lowest BCUT2D eigenvalue weighted by atomic mass is 9.64. The number of ether oxygens (including phenoxy) is 3. The van der Waals surface area contributed by atoms with E-state index < -0.39 is 133 Å². The molecule has 3 saturated carbocycles. The van der Waals surface area contributed by atoms with E-state index in [4.69, 9.17) is 14.2 Å². The monoisotopic (exact) mass is 1390 g/mol. The highest BCUT2D eigenvalue weighted by Crippen LogP contribution is 2.60. The maximum atomic E-state index is 18.1. The standard InChI is InChI=1S/C79H64F3N9O12/c80-56-38-49(37-53-64(47-17-6-2-7-18-47)90-43-83(77(29-30-77)26-12-35-102-72(53)56)74(98)66-69(95)57(92)24-32-87(66)90)55-42-79(55)28-14-36-103-73-54(65(48-19-8-3-9-20-48)91-45-85(79)76(100)68-71(97)59(94)25-33-88(68)91)39-52(61(81)62(73)82)50-40-78(41-50)27-13-34-101-60-22-11-10-21-51(60)63(46-15-4-1-5-16-46)89-44-84(78)75(99)67-70(96)58(93)23-31-86(67)89/h1-28,31-33,37-39,50,55,63-65,95-97H,29-30,34-36,40-45H2/b26-12+,27-13+,28-14+. The van der Waals surface area contributed by atoms with E-state index in [1.807, 2.05) is 102 Å². The van der Waals surface area contributed by atoms with Gasteiger partial charge in [-0.3, -0.25) is 57.8 Å². The van der Waals surface area contributed by atoms with Crippen molar-refractivity contribution in [3.63, 3.8) is 0 Å². The minimum absolute atomic E-state index is 0.000363. The fraction of sp³-hybridized carbons (Fsp3) is 0.241. The molecule has 18 rings (SSSR count). The van der Waals surface area contributed by atoms with Crippen LogP contribution in [-0.2, 0) is 0 Å². The van der Waals surface area contributed by atoms with Crippen LogP contribution in [0.3, 0.4) is 0 Å². The summed E-state index contributed by atoms with van der Waals surface area (Å²) in [5.41, 5.74) is -3.69. The van der Waals surface area contributed by atoms with Crippen LogP contribution in [0.4, 0.5) is 13.2 Å². The molecule has 0 radical (unpaired) electrons. The number of pyridine rings is 3. The first-order valence-corrected chi connectivity index (χ1v) is 34.1. The lowest BCUT2D eigenvalue weighted by Crippen LogP contribution is -2.65. The number of hydrogen-bond donors (Lipinski definition) is 3. The van der Waals surface area contributed by atoms with Crippen molar-refractivity contribution in [1.29, 1.82) is 0 Å². The van der Waals surface area contributed by atoms with Gasteiger partial charge in [0.2, 0.25) is 22.1 Å². The number of fused-ring (bicyclic) bond motifs is 18. The molecule has 3 spiro atoms. The van der Waals surface area contributed by atoms with Crippen LogP contribution >= 0.6 is 0 Å². The summed E-state index contributed by atoms with van der Waals surface area (Å²) in [7, 11) is 0. The lowest BCUT2D eigenvalue weighted by Gasteiger charge is -2.56. The molecule has 5 unspecified atom stereocenters. The number of aromatic hydroxyl groups is 3. The number of para-hydroxylation sites is 1. The minimum Gasteiger partial charge on any atom is -0.502 e. The molecule has 3 aromatic heterocycles. The normalized spacial score (nSPS) is 24.9. The molecule has 6 aromatic carbocycles. The predicted octanol–water partition coefficient (Wildman–Crippen LogP) is 9.75. The SMILES string of the molecule is O=C1c2c(O)c(=O)ccn2N2CN1C1(/C=C/COc3ccccc3C2c2ccccc2)CC(c2cc3c(c(F)c2F)OC/C=C/C2(CC2c2cc(F)c4c(c2)C(c2ccccc2)N2CN(C(=O)c5c(O)c(=O)ccn52)C2(/C=C/CO4)CC2)N2CN(C3c3ccccc3)n3ccc(=O)c(O)c3C2=O)C1. The summed E-state index contributed by atoms with van der Waals surface area (Å²) in [5.74, 6) is -9.49. The lowest BCUT2D eigenvalue weighted by molar-refractivity contribution is 0.0174. The smallest absolute Gasteiger partial charge is 0.278 e. The molecule has 9 heterocycles. The molecule has 103 heavy (non-hydrogen) atoms. The molecule has 6 aliphatic heterocycles. The molecular formula is C79H64F3N9O12. The minimum atomic E-state index is -1.43. The summed E-state index contributed by atoms with van der Waals surface area (Å²) in [4.78, 5) is 90.9. The number of rotatable bonds is 5. The summed E-state index contributed by atoms with van der Waals surface area (Å²) in [5, 5.41) is 40.5. The van der Waals surface area contributed by atoms with Crippen molar-refractivity contribution in [3.8, 4) is 34.5 Å². The molecule has 9 aromatic rings. The van der Waals surface area contributed by atoms with Crippen LogP contribution in [0.2, 0.25) is 0 Å². The van der Waals surface area contributed by atoms with E-state index >= 15 is 22.8 Å². The first-order chi connectivity index (χ1) is 50.0. The molecular weight excluding hydrogens is 1320 g/mol. The summed E-state index contributed by atoms with van der Waals surface area (Å²) < 4.78 is 77.7. The van der Waals surface area contributed by atoms with E-state index in [1.54, 1.807) is 80.5 Å². The first kappa shape index (κ1) is 63.0. The number of halogens is 3. The zero-order valence-corrected chi connectivity index (χ0v) is 55.0. The van der Waals surface area contributed by atoms with Gasteiger partial charge < -0.3 is 44.2 Å². The van der Waals surface area contributed by atoms with E-state index in [-0.39, 0.29) is 86.3 Å². The Labute approximate surface area is 585 Å². The van der Waals surface area contributed by atoms with Gasteiger partial charge in [0.15, 0.2) is 57.5 Å². The van der Waals surface area contributed by atoms with Gasteiger partial charge in [0, 0.05) is 59.4 Å². The van der Waals surface area contributed by atoms with Gasteiger partial charge >= 0.3 is 0 Å². The van der Waals surface area contributed by atoms with Crippen LogP contribution in [0.25, 0.3) is 0 Å². The number of carbonyl (C=O) groups excluding carboxylic acids is 3. The molecule has 21 nitrogen and oxygen atoms in total. The molecule has 518 valence electrons. The Morgan fingerprint density at radius 3 is 1.38 bits per heavy atom. The summed E-state index contributed by atoms with van der Waals surface area (Å²) in [6, 6.07) is 40.1. The Balaban J connectivity index is 0.753. The van der Waals surface area contributed by atoms with Gasteiger partial charge in [0.05, 0.1) is 16.6 Å². The van der Waals surface area contributed by atoms with Gasteiger partial charge in [-0.05, 0) is 108 Å². The first-order valence-electron chi connectivity index (χ1n) is 34.1. The molecule has 6 bridgehead atoms. The second-order valence-corrected chi connectivity index (χ2v) is 27.7. The van der Waals surface area contributed by atoms with Crippen molar-refractivity contribution in [3.05, 3.63) is 316 Å². The van der Waals surface area contributed by atoms with Gasteiger partial charge in [0.25, 0.3) is 17.7 Å². The Hall–Kier alpha value is -12.2. The molecule has 0 saturated heterocycles. The number of nitrogens with zero attached hydrogens (tertiary/aromatic N) is 9. The highest BCUT2D eigenvalue weighted by Gasteiger charge is 2.62. The van der Waals surface area contributed by atoms with Crippen molar-refractivity contribution >= 4 is 17.7 Å². The Morgan fingerprint density at radius 1 is 0.408 bits per heavy atom. The third-order valence-corrected chi connectivity index (χ3v) is 22.2. The van der Waals surface area contributed by atoms with Gasteiger partial charge in [-0.2, -0.15) is 4.39 Å². The molecule has 5 atom stereocenters. The highest BCUT2D eigenvalue weighted by molar-refractivity contribution is 5.99. The number of benzene rings is 6. The quantitative estimate of drug-likeness (QED) is 0.136. The molecule has 3 amide bonds. The van der Waals surface area contributed by atoms with Crippen LogP contribution < -0.4 is 45.5 Å². The van der Waals surface area contributed by atoms with Crippen molar-refractivity contribution in [2.75, 3.05) is 54.9 Å². The van der Waals surface area contributed by atoms with Crippen LogP contribution in [0.15, 0.2) is 221 Å². The van der Waals surface area contributed by atoms with Crippen molar-refractivity contribution < 1.29 is 57.1 Å². The third kappa shape index (κ3) is 9.65. The third-order valence-electron chi connectivity index (χ3n) is 22.2. The number of aromatic nitrogens is 3. The highest BCUT2D eigenvalue weighted by atomic mass is 19.2. The van der Waals surface area contributed by atoms with Crippen LogP contribution in [0.1, 0.15) is 138 Å². The second-order valence-electron chi connectivity index (χ2n) is 27.7. The maximum absolute atomic E-state index is 18.1. The topological polar surface area (TPSA) is 225 Å². The largest absolute Gasteiger partial charge is 0.502 e. The van der Waals surface area contributed by atoms with Crippen molar-refractivity contribution in [2.45, 2.75) is 78.7 Å². The second kappa shape index (κ2) is 23.4. The van der Waals surface area contributed by atoms with Crippen molar-refractivity contribution in [2.24, 2.45) is 0 Å². The molecule has 3 N–H and O–H groups in total. The predicted molar refractivity (Wildman–Crippen MR) is 370 cm³/mol. The van der Waals surface area contributed by atoms with E-state index in [0.29, 0.717) is 35.3 Å². The fourth-order valence-electron chi connectivity index (χ4n) is 17.0. The van der Waals surface area contributed by atoms with E-state index in [1.165, 1.54) is 55.7 Å². The van der Waals surface area contributed by atoms with Gasteiger partial charge in [-0.15, -0.1) is 0 Å².